The van der Waals surface area contributed by atoms with Crippen LogP contribution in [0.2, 0.25) is 0 Å². The van der Waals surface area contributed by atoms with Crippen LogP contribution in [0.4, 0.5) is 0 Å². The molecular formula is C11H13NO. The number of allylic oxidation sites excluding steroid dienone is 3. The molecule has 1 saturated heterocycles. The van der Waals surface area contributed by atoms with Crippen LogP contribution in [0.3, 0.4) is 0 Å². The summed E-state index contributed by atoms with van der Waals surface area (Å²) in [4.78, 5) is 11.5. The van der Waals surface area contributed by atoms with E-state index in [-0.39, 0.29) is 5.78 Å². The summed E-state index contributed by atoms with van der Waals surface area (Å²) >= 11 is 0. The fourth-order valence-electron chi connectivity index (χ4n) is 1.47. The number of ketones is 1. The molecule has 1 heterocycles. The van der Waals surface area contributed by atoms with Gasteiger partial charge in [0.25, 0.3) is 0 Å². The van der Waals surface area contributed by atoms with Gasteiger partial charge in [-0.2, -0.15) is 0 Å². The summed E-state index contributed by atoms with van der Waals surface area (Å²) in [7, 11) is 0. The summed E-state index contributed by atoms with van der Waals surface area (Å²) in [5, 5.41) is 3.01. The molecule has 2 fully saturated rings. The smallest absolute Gasteiger partial charge is 0.170 e. The van der Waals surface area contributed by atoms with Crippen LogP contribution in [0.15, 0.2) is 36.2 Å². The van der Waals surface area contributed by atoms with Gasteiger partial charge < -0.3 is 5.32 Å². The molecule has 2 aliphatic rings. The van der Waals surface area contributed by atoms with Crippen LogP contribution in [-0.4, -0.2) is 5.78 Å². The average Bonchev–Trinajstić information content (AvgIpc) is 2.79. The van der Waals surface area contributed by atoms with E-state index in [2.05, 4.69) is 18.5 Å². The van der Waals surface area contributed by atoms with Crippen LogP contribution >= 0.6 is 0 Å². The zero-order chi connectivity index (χ0) is 9.42. The molecule has 1 saturated carbocycles. The maximum atomic E-state index is 11.5. The fraction of sp³-hybridized carbons (Fsp3) is 0.364. The molecule has 0 unspecified atom stereocenters. The summed E-state index contributed by atoms with van der Waals surface area (Å²) in [6.45, 7) is 7.54. The molecule has 0 spiro atoms. The van der Waals surface area contributed by atoms with Gasteiger partial charge in [0.15, 0.2) is 5.78 Å². The highest BCUT2D eigenvalue weighted by Crippen LogP contribution is 2.33. The van der Waals surface area contributed by atoms with Crippen molar-refractivity contribution in [2.24, 2.45) is 5.92 Å². The topological polar surface area (TPSA) is 29.1 Å². The van der Waals surface area contributed by atoms with Gasteiger partial charge in [-0.15, -0.1) is 0 Å². The lowest BCUT2D eigenvalue weighted by Gasteiger charge is -2.20. The molecule has 0 atom stereocenters. The Labute approximate surface area is 78.0 Å². The van der Waals surface area contributed by atoms with E-state index in [0.717, 1.165) is 11.3 Å². The van der Waals surface area contributed by atoms with Crippen molar-refractivity contribution in [3.05, 3.63) is 36.2 Å². The van der Waals surface area contributed by atoms with Crippen molar-refractivity contribution in [2.75, 3.05) is 0 Å². The third-order valence-corrected chi connectivity index (χ3v) is 2.35. The summed E-state index contributed by atoms with van der Waals surface area (Å²) in [6, 6.07) is 0. The first-order valence-electron chi connectivity index (χ1n) is 4.56. The molecule has 68 valence electrons. The number of carbonyl (C=O) groups is 1. The Bertz CT molecular complexity index is 299. The molecule has 0 aromatic carbocycles. The minimum Gasteiger partial charge on any atom is -0.359 e. The van der Waals surface area contributed by atoms with E-state index in [1.807, 2.05) is 6.08 Å². The van der Waals surface area contributed by atoms with Gasteiger partial charge in [0.05, 0.1) is 6.42 Å². The van der Waals surface area contributed by atoms with E-state index < -0.39 is 0 Å². The van der Waals surface area contributed by atoms with Crippen molar-refractivity contribution >= 4 is 5.78 Å². The summed E-state index contributed by atoms with van der Waals surface area (Å²) < 4.78 is 0. The molecule has 0 bridgehead atoms. The van der Waals surface area contributed by atoms with Gasteiger partial charge in [0, 0.05) is 17.0 Å². The van der Waals surface area contributed by atoms with Crippen molar-refractivity contribution in [2.45, 2.75) is 19.3 Å². The Morgan fingerprint density at radius 3 is 2.62 bits per heavy atom. The van der Waals surface area contributed by atoms with E-state index in [1.165, 1.54) is 12.8 Å². The zero-order valence-corrected chi connectivity index (χ0v) is 7.60. The fourth-order valence-corrected chi connectivity index (χ4v) is 1.47. The van der Waals surface area contributed by atoms with Crippen molar-refractivity contribution in [1.82, 2.24) is 5.32 Å². The summed E-state index contributed by atoms with van der Waals surface area (Å²) in [5.41, 5.74) is 2.24. The molecule has 0 amide bonds. The lowest BCUT2D eigenvalue weighted by atomic mass is 9.98. The largest absolute Gasteiger partial charge is 0.359 e. The summed E-state index contributed by atoms with van der Waals surface area (Å²) in [6.07, 6.45) is 4.89. The quantitative estimate of drug-likeness (QED) is 0.617. The van der Waals surface area contributed by atoms with E-state index in [1.54, 1.807) is 0 Å². The predicted molar refractivity (Wildman–Crippen MR) is 51.8 cm³/mol. The minimum absolute atomic E-state index is 0.153. The molecule has 1 aliphatic heterocycles. The molecule has 2 heteroatoms. The minimum atomic E-state index is 0.153. The second-order valence-electron chi connectivity index (χ2n) is 3.72. The lowest BCUT2D eigenvalue weighted by Crippen LogP contribution is -2.25. The predicted octanol–water partition coefficient (Wildman–Crippen LogP) is 1.91. The maximum absolute atomic E-state index is 11.5. The molecule has 0 aromatic rings. The molecule has 0 aromatic heterocycles. The number of nitrogens with one attached hydrogen (secondary N) is 1. The Kier molecular flexibility index (Phi) is 1.83. The van der Waals surface area contributed by atoms with Crippen LogP contribution in [0, 0.1) is 5.92 Å². The summed E-state index contributed by atoms with van der Waals surface area (Å²) in [5.74, 6) is 0.768. The van der Waals surface area contributed by atoms with Crippen LogP contribution in [-0.2, 0) is 4.79 Å². The van der Waals surface area contributed by atoms with Crippen LogP contribution in [0.1, 0.15) is 19.3 Å². The first-order chi connectivity index (χ1) is 6.16. The number of rotatable bonds is 1. The Morgan fingerprint density at radius 1 is 1.38 bits per heavy atom. The van der Waals surface area contributed by atoms with E-state index in [0.29, 0.717) is 18.0 Å². The van der Waals surface area contributed by atoms with Gasteiger partial charge in [-0.25, -0.2) is 0 Å². The second-order valence-corrected chi connectivity index (χ2v) is 3.72. The number of Topliss-reactive ketones (excluding diaryl/α,β-unsaturated/α-hetero) is 1. The van der Waals surface area contributed by atoms with E-state index >= 15 is 0 Å². The van der Waals surface area contributed by atoms with Gasteiger partial charge in [-0.05, 0) is 18.8 Å². The van der Waals surface area contributed by atoms with Crippen LogP contribution in [0.5, 0.6) is 0 Å². The second kappa shape index (κ2) is 2.87. The first-order valence-corrected chi connectivity index (χ1v) is 4.56. The van der Waals surface area contributed by atoms with Gasteiger partial charge in [0.1, 0.15) is 0 Å². The Balaban J connectivity index is 2.20. The van der Waals surface area contributed by atoms with Crippen molar-refractivity contribution in [3.8, 4) is 0 Å². The monoisotopic (exact) mass is 175 g/mol. The Hall–Kier alpha value is -1.31. The van der Waals surface area contributed by atoms with Gasteiger partial charge in [-0.3, -0.25) is 4.79 Å². The SMILES string of the molecule is C=C1CC(=O)/C(=C\C2CC2)C(=C)N1. The maximum Gasteiger partial charge on any atom is 0.170 e. The van der Waals surface area contributed by atoms with Crippen molar-refractivity contribution in [1.29, 1.82) is 0 Å². The zero-order valence-electron chi connectivity index (χ0n) is 7.60. The lowest BCUT2D eigenvalue weighted by molar-refractivity contribution is -0.115. The van der Waals surface area contributed by atoms with E-state index in [9.17, 15) is 4.79 Å². The molecule has 2 nitrogen and oxygen atoms in total. The third kappa shape index (κ3) is 1.72. The number of piperidine rings is 1. The van der Waals surface area contributed by atoms with Crippen molar-refractivity contribution in [3.63, 3.8) is 0 Å². The normalized spacial score (nSPS) is 26.5. The molecule has 2 rings (SSSR count). The number of hydrogen-bond donors (Lipinski definition) is 1. The first kappa shape index (κ1) is 8.30. The highest BCUT2D eigenvalue weighted by Gasteiger charge is 2.25. The third-order valence-electron chi connectivity index (χ3n) is 2.35. The van der Waals surface area contributed by atoms with Crippen LogP contribution < -0.4 is 5.32 Å². The van der Waals surface area contributed by atoms with Gasteiger partial charge in [0.2, 0.25) is 0 Å². The molecule has 1 aliphatic carbocycles. The molecule has 0 radical (unpaired) electrons. The van der Waals surface area contributed by atoms with Gasteiger partial charge >= 0.3 is 0 Å². The molecule has 1 N–H and O–H groups in total. The van der Waals surface area contributed by atoms with Crippen molar-refractivity contribution < 1.29 is 4.79 Å². The average molecular weight is 175 g/mol. The molecular weight excluding hydrogens is 162 g/mol. The van der Waals surface area contributed by atoms with Crippen LogP contribution in [0.25, 0.3) is 0 Å². The number of hydrogen-bond acceptors (Lipinski definition) is 2. The van der Waals surface area contributed by atoms with E-state index in [4.69, 9.17) is 0 Å². The highest BCUT2D eigenvalue weighted by molar-refractivity contribution is 6.02. The Morgan fingerprint density at radius 2 is 2.08 bits per heavy atom. The highest BCUT2D eigenvalue weighted by atomic mass is 16.1. The standard InChI is InChI=1S/C11H13NO/c1-7-5-11(13)10(8(2)12-7)6-9-3-4-9/h6,9,12H,1-5H2/b10-6-. The molecule has 13 heavy (non-hydrogen) atoms. The van der Waals surface area contributed by atoms with Gasteiger partial charge in [-0.1, -0.05) is 19.2 Å². The number of carbonyl (C=O) groups excluding carboxylic acids is 1.